The molecule has 0 saturated carbocycles. The zero-order chi connectivity index (χ0) is 16.6. The lowest BCUT2D eigenvalue weighted by Gasteiger charge is -2.36. The topological polar surface area (TPSA) is 66.6 Å². The smallest absolute Gasteiger partial charge is 0.408 e. The first-order valence-corrected chi connectivity index (χ1v) is 7.58. The van der Waals surface area contributed by atoms with Crippen molar-refractivity contribution in [3.63, 3.8) is 0 Å². The van der Waals surface area contributed by atoms with Crippen LogP contribution in [0.1, 0.15) is 44.2 Å². The lowest BCUT2D eigenvalue weighted by atomic mass is 9.83. The summed E-state index contributed by atoms with van der Waals surface area (Å²) in [6.45, 7) is 3.85. The second kappa shape index (κ2) is 5.68. The van der Waals surface area contributed by atoms with Gasteiger partial charge < -0.3 is 9.52 Å². The Kier molecular flexibility index (Phi) is 3.83. The highest BCUT2D eigenvalue weighted by Gasteiger charge is 2.48. The molecule has 0 aliphatic carbocycles. The molecule has 1 fully saturated rings. The molecule has 5 nitrogen and oxygen atoms in total. The molecule has 0 bridgehead atoms. The molecule has 1 amide bonds. The fourth-order valence-electron chi connectivity index (χ4n) is 3.51. The van der Waals surface area contributed by atoms with Crippen LogP contribution in [-0.4, -0.2) is 27.1 Å². The van der Waals surface area contributed by atoms with Gasteiger partial charge in [0.2, 0.25) is 5.89 Å². The molecule has 1 N–H and O–H groups in total. The van der Waals surface area contributed by atoms with Crippen molar-refractivity contribution in [1.82, 2.24) is 9.88 Å². The van der Waals surface area contributed by atoms with Crippen LogP contribution in [0.3, 0.4) is 0 Å². The molecule has 23 heavy (non-hydrogen) atoms. The fourth-order valence-corrected chi connectivity index (χ4v) is 3.51. The summed E-state index contributed by atoms with van der Waals surface area (Å²) in [5.41, 5.74) is 0.113. The number of hydrogen-bond acceptors (Lipinski definition) is 3. The SMILES string of the molecule is CC(C)(c1ncco1)[C@H]1CC[C@@H](c2cccc(F)c2)N1C(=O)O. The van der Waals surface area contributed by atoms with Gasteiger partial charge in [-0.15, -0.1) is 0 Å². The summed E-state index contributed by atoms with van der Waals surface area (Å²) in [6, 6.07) is 5.50. The molecule has 2 heterocycles. The van der Waals surface area contributed by atoms with Crippen LogP contribution in [0.15, 0.2) is 41.1 Å². The quantitative estimate of drug-likeness (QED) is 0.929. The molecule has 122 valence electrons. The fraction of sp³-hybridized carbons (Fsp3) is 0.412. The van der Waals surface area contributed by atoms with Gasteiger partial charge in [-0.3, -0.25) is 4.90 Å². The number of aromatic nitrogens is 1. The van der Waals surface area contributed by atoms with Gasteiger partial charge in [0.15, 0.2) is 0 Å². The van der Waals surface area contributed by atoms with Gasteiger partial charge in [-0.05, 0) is 44.4 Å². The molecule has 1 saturated heterocycles. The molecule has 0 unspecified atom stereocenters. The second-order valence-corrected chi connectivity index (χ2v) is 6.41. The average Bonchev–Trinajstić information content (AvgIpc) is 3.17. The van der Waals surface area contributed by atoms with Crippen molar-refractivity contribution >= 4 is 6.09 Å². The van der Waals surface area contributed by atoms with Gasteiger partial charge >= 0.3 is 6.09 Å². The maximum absolute atomic E-state index is 13.5. The number of oxazole rings is 1. The highest BCUT2D eigenvalue weighted by Crippen LogP contribution is 2.44. The summed E-state index contributed by atoms with van der Waals surface area (Å²) >= 11 is 0. The van der Waals surface area contributed by atoms with Crippen molar-refractivity contribution in [2.45, 2.75) is 44.2 Å². The summed E-state index contributed by atoms with van der Waals surface area (Å²) in [6.07, 6.45) is 3.34. The van der Waals surface area contributed by atoms with Crippen LogP contribution in [0.25, 0.3) is 0 Å². The third-order valence-corrected chi connectivity index (χ3v) is 4.66. The molecule has 1 aromatic carbocycles. The zero-order valence-electron chi connectivity index (χ0n) is 13.1. The molecule has 1 aliphatic rings. The van der Waals surface area contributed by atoms with Gasteiger partial charge in [-0.25, -0.2) is 14.2 Å². The van der Waals surface area contributed by atoms with Gasteiger partial charge in [-0.2, -0.15) is 0 Å². The van der Waals surface area contributed by atoms with Crippen molar-refractivity contribution in [2.24, 2.45) is 0 Å². The number of hydrogen-bond donors (Lipinski definition) is 1. The number of carbonyl (C=O) groups is 1. The monoisotopic (exact) mass is 318 g/mol. The van der Waals surface area contributed by atoms with Crippen molar-refractivity contribution in [1.29, 1.82) is 0 Å². The van der Waals surface area contributed by atoms with Gasteiger partial charge in [-0.1, -0.05) is 12.1 Å². The Bertz CT molecular complexity index is 700. The number of nitrogens with zero attached hydrogens (tertiary/aromatic N) is 2. The van der Waals surface area contributed by atoms with E-state index in [-0.39, 0.29) is 17.9 Å². The largest absolute Gasteiger partial charge is 0.465 e. The molecule has 6 heteroatoms. The van der Waals surface area contributed by atoms with Crippen molar-refractivity contribution in [2.75, 3.05) is 0 Å². The molecule has 0 radical (unpaired) electrons. The van der Waals surface area contributed by atoms with E-state index < -0.39 is 11.5 Å². The molecule has 1 aliphatic heterocycles. The van der Waals surface area contributed by atoms with E-state index in [0.717, 1.165) is 0 Å². The van der Waals surface area contributed by atoms with E-state index in [1.807, 2.05) is 13.8 Å². The number of rotatable bonds is 3. The molecule has 3 rings (SSSR count). The average molecular weight is 318 g/mol. The van der Waals surface area contributed by atoms with Crippen LogP contribution in [0, 0.1) is 5.82 Å². The second-order valence-electron chi connectivity index (χ2n) is 6.41. The first kappa shape index (κ1) is 15.5. The van der Waals surface area contributed by atoms with Gasteiger partial charge in [0.1, 0.15) is 12.1 Å². The third kappa shape index (κ3) is 2.69. The summed E-state index contributed by atoms with van der Waals surface area (Å²) in [5, 5.41) is 9.73. The van der Waals surface area contributed by atoms with Crippen LogP contribution in [0.2, 0.25) is 0 Å². The van der Waals surface area contributed by atoms with Gasteiger partial charge in [0.05, 0.1) is 17.7 Å². The van der Waals surface area contributed by atoms with Crippen LogP contribution in [0.5, 0.6) is 0 Å². The standard InChI is InChI=1S/C17H19FN2O3/c1-17(2,15-19-8-9-23-15)14-7-6-13(20(14)16(21)22)11-4-3-5-12(18)10-11/h3-5,8-10,13-14H,6-7H2,1-2H3,(H,21,22)/t13-,14+/m0/s1. The van der Waals surface area contributed by atoms with E-state index in [9.17, 15) is 14.3 Å². The molecule has 1 aromatic heterocycles. The molecule has 2 aromatic rings. The first-order valence-electron chi connectivity index (χ1n) is 7.58. The summed E-state index contributed by atoms with van der Waals surface area (Å²) in [4.78, 5) is 17.5. The Morgan fingerprint density at radius 2 is 2.22 bits per heavy atom. The van der Waals surface area contributed by atoms with E-state index in [4.69, 9.17) is 4.42 Å². The highest BCUT2D eigenvalue weighted by atomic mass is 19.1. The summed E-state index contributed by atoms with van der Waals surface area (Å²) in [7, 11) is 0. The number of halogens is 1. The van der Waals surface area contributed by atoms with E-state index in [1.165, 1.54) is 23.3 Å². The molecule has 2 atom stereocenters. The van der Waals surface area contributed by atoms with E-state index in [1.54, 1.807) is 18.3 Å². The first-order chi connectivity index (χ1) is 10.9. The number of carboxylic acid groups (broad SMARTS) is 1. The van der Waals surface area contributed by atoms with Gasteiger partial charge in [0.25, 0.3) is 0 Å². The van der Waals surface area contributed by atoms with E-state index >= 15 is 0 Å². The Labute approximate surface area is 133 Å². The number of amides is 1. The lowest BCUT2D eigenvalue weighted by molar-refractivity contribution is 0.0955. The normalized spacial score (nSPS) is 21.6. The van der Waals surface area contributed by atoms with Crippen molar-refractivity contribution in [3.8, 4) is 0 Å². The summed E-state index contributed by atoms with van der Waals surface area (Å²) < 4.78 is 18.9. The Morgan fingerprint density at radius 3 is 2.83 bits per heavy atom. The highest BCUT2D eigenvalue weighted by molar-refractivity contribution is 5.67. The van der Waals surface area contributed by atoms with Crippen LogP contribution >= 0.6 is 0 Å². The predicted molar refractivity (Wildman–Crippen MR) is 81.6 cm³/mol. The van der Waals surface area contributed by atoms with E-state index in [0.29, 0.717) is 24.3 Å². The van der Waals surface area contributed by atoms with E-state index in [2.05, 4.69) is 4.98 Å². The molecular formula is C17H19FN2O3. The minimum atomic E-state index is -1.01. The maximum atomic E-state index is 13.5. The minimum Gasteiger partial charge on any atom is -0.465 e. The number of benzene rings is 1. The third-order valence-electron chi connectivity index (χ3n) is 4.66. The molecular weight excluding hydrogens is 299 g/mol. The molecule has 0 spiro atoms. The van der Waals surface area contributed by atoms with Crippen LogP contribution < -0.4 is 0 Å². The van der Waals surface area contributed by atoms with Crippen LogP contribution in [-0.2, 0) is 5.41 Å². The maximum Gasteiger partial charge on any atom is 0.408 e. The Morgan fingerprint density at radius 1 is 1.43 bits per heavy atom. The van der Waals surface area contributed by atoms with Crippen molar-refractivity contribution < 1.29 is 18.7 Å². The summed E-state index contributed by atoms with van der Waals surface area (Å²) in [5.74, 6) is 0.150. The lowest BCUT2D eigenvalue weighted by Crippen LogP contribution is -2.47. The van der Waals surface area contributed by atoms with Crippen LogP contribution in [0.4, 0.5) is 9.18 Å². The predicted octanol–water partition coefficient (Wildman–Crippen LogP) is 3.98. The Hall–Kier alpha value is -2.37. The van der Waals surface area contributed by atoms with Crippen molar-refractivity contribution in [3.05, 3.63) is 54.0 Å². The van der Waals surface area contributed by atoms with Gasteiger partial charge in [0, 0.05) is 6.04 Å². The number of likely N-dealkylation sites (tertiary alicyclic amines) is 1. The minimum absolute atomic E-state index is 0.285. The Balaban J connectivity index is 1.96. The zero-order valence-corrected chi connectivity index (χ0v) is 13.1.